The molecule has 0 amide bonds. The number of nitro benzene ring substituents is 1. The van der Waals surface area contributed by atoms with Crippen LogP contribution in [0.15, 0.2) is 53.2 Å². The number of ether oxygens (including phenoxy) is 1. The van der Waals surface area contributed by atoms with Crippen molar-refractivity contribution < 1.29 is 14.5 Å². The smallest absolute Gasteiger partial charge is 0.363 e. The molecular formula is C19H15ClN2O4. The summed E-state index contributed by atoms with van der Waals surface area (Å²) in [5.74, 6) is -0.266. The van der Waals surface area contributed by atoms with Crippen molar-refractivity contribution in [3.05, 3.63) is 80.0 Å². The van der Waals surface area contributed by atoms with Crippen molar-refractivity contribution in [1.82, 2.24) is 0 Å². The fraction of sp³-hybridized carbons (Fsp3) is 0.158. The molecule has 1 aliphatic rings. The van der Waals surface area contributed by atoms with Crippen LogP contribution < -0.4 is 0 Å². The largest absolute Gasteiger partial charge is 0.402 e. The lowest BCUT2D eigenvalue weighted by atomic mass is 10.0. The molecule has 0 radical (unpaired) electrons. The van der Waals surface area contributed by atoms with E-state index in [-0.39, 0.29) is 27.9 Å². The fourth-order valence-corrected chi connectivity index (χ4v) is 2.65. The van der Waals surface area contributed by atoms with Gasteiger partial charge < -0.3 is 4.74 Å². The van der Waals surface area contributed by atoms with E-state index in [1.54, 1.807) is 6.08 Å². The van der Waals surface area contributed by atoms with E-state index >= 15 is 0 Å². The quantitative estimate of drug-likeness (QED) is 0.337. The molecule has 0 fully saturated rings. The molecule has 2 aromatic rings. The molecule has 132 valence electrons. The van der Waals surface area contributed by atoms with Crippen LogP contribution in [0.25, 0.3) is 6.08 Å². The number of cyclic esters (lactones) is 1. The Hall–Kier alpha value is -2.99. The predicted octanol–water partition coefficient (Wildman–Crippen LogP) is 4.72. The van der Waals surface area contributed by atoms with Gasteiger partial charge in [0, 0.05) is 12.1 Å². The lowest BCUT2D eigenvalue weighted by Gasteiger charge is -2.04. The lowest BCUT2D eigenvalue weighted by molar-refractivity contribution is -0.384. The number of nitro groups is 1. The Labute approximate surface area is 154 Å². The van der Waals surface area contributed by atoms with Crippen molar-refractivity contribution in [2.24, 2.45) is 4.99 Å². The second kappa shape index (κ2) is 7.09. The SMILES string of the molecule is CC(C)c1ccc(C=C2N=C(c3cc([N+](=O)[O-])ccc3Cl)OC2=O)cc1. The number of nitrogens with zero attached hydrogens (tertiary/aromatic N) is 2. The Morgan fingerprint density at radius 3 is 2.50 bits per heavy atom. The van der Waals surface area contributed by atoms with Gasteiger partial charge in [-0.2, -0.15) is 0 Å². The van der Waals surface area contributed by atoms with Crippen LogP contribution in [0.3, 0.4) is 0 Å². The summed E-state index contributed by atoms with van der Waals surface area (Å²) in [6, 6.07) is 11.6. The van der Waals surface area contributed by atoms with Crippen LogP contribution in [-0.2, 0) is 9.53 Å². The van der Waals surface area contributed by atoms with E-state index < -0.39 is 10.9 Å². The molecule has 1 heterocycles. The van der Waals surface area contributed by atoms with E-state index in [1.807, 2.05) is 24.3 Å². The van der Waals surface area contributed by atoms with E-state index in [2.05, 4.69) is 18.8 Å². The minimum absolute atomic E-state index is 0.0475. The maximum absolute atomic E-state index is 12.1. The van der Waals surface area contributed by atoms with Gasteiger partial charge in [0.1, 0.15) is 0 Å². The van der Waals surface area contributed by atoms with Gasteiger partial charge in [-0.05, 0) is 29.2 Å². The van der Waals surface area contributed by atoms with Gasteiger partial charge in [0.05, 0.1) is 15.5 Å². The molecule has 0 saturated heterocycles. The van der Waals surface area contributed by atoms with Crippen molar-refractivity contribution in [2.75, 3.05) is 0 Å². The standard InChI is InChI=1S/C19H15ClN2O4/c1-11(2)13-5-3-12(4-6-13)9-17-19(23)26-18(21-17)15-10-14(22(24)25)7-8-16(15)20/h3-11H,1-2H3. The van der Waals surface area contributed by atoms with Crippen molar-refractivity contribution in [3.63, 3.8) is 0 Å². The Morgan fingerprint density at radius 2 is 1.88 bits per heavy atom. The third-order valence-electron chi connectivity index (χ3n) is 3.92. The van der Waals surface area contributed by atoms with Gasteiger partial charge in [-0.1, -0.05) is 49.7 Å². The molecular weight excluding hydrogens is 356 g/mol. The van der Waals surface area contributed by atoms with Crippen molar-refractivity contribution in [1.29, 1.82) is 0 Å². The van der Waals surface area contributed by atoms with Crippen molar-refractivity contribution in [2.45, 2.75) is 19.8 Å². The highest BCUT2D eigenvalue weighted by Crippen LogP contribution is 2.27. The summed E-state index contributed by atoms with van der Waals surface area (Å²) < 4.78 is 5.15. The summed E-state index contributed by atoms with van der Waals surface area (Å²) >= 11 is 6.07. The van der Waals surface area contributed by atoms with Gasteiger partial charge in [-0.15, -0.1) is 0 Å². The first-order valence-electron chi connectivity index (χ1n) is 7.92. The van der Waals surface area contributed by atoms with E-state index in [0.717, 1.165) is 5.56 Å². The summed E-state index contributed by atoms with van der Waals surface area (Å²) in [7, 11) is 0. The minimum Gasteiger partial charge on any atom is -0.402 e. The van der Waals surface area contributed by atoms with Crippen LogP contribution in [0.5, 0.6) is 0 Å². The molecule has 6 nitrogen and oxygen atoms in total. The topological polar surface area (TPSA) is 81.8 Å². The molecule has 2 aromatic carbocycles. The van der Waals surface area contributed by atoms with Crippen LogP contribution >= 0.6 is 11.6 Å². The molecule has 3 rings (SSSR count). The molecule has 7 heteroatoms. The Bertz CT molecular complexity index is 947. The number of carbonyl (C=O) groups excluding carboxylic acids is 1. The van der Waals surface area contributed by atoms with E-state index in [9.17, 15) is 14.9 Å². The van der Waals surface area contributed by atoms with Crippen LogP contribution in [0.2, 0.25) is 5.02 Å². The molecule has 0 saturated carbocycles. The molecule has 0 bridgehead atoms. The predicted molar refractivity (Wildman–Crippen MR) is 99.2 cm³/mol. The number of rotatable bonds is 4. The average molecular weight is 371 g/mol. The number of benzene rings is 2. The molecule has 0 aliphatic carbocycles. The zero-order valence-electron chi connectivity index (χ0n) is 14.1. The van der Waals surface area contributed by atoms with Gasteiger partial charge in [0.2, 0.25) is 5.90 Å². The van der Waals surface area contributed by atoms with Crippen LogP contribution in [0.4, 0.5) is 5.69 Å². The summed E-state index contributed by atoms with van der Waals surface area (Å²) in [4.78, 5) is 26.6. The normalized spacial score (nSPS) is 15.3. The van der Waals surface area contributed by atoms with Gasteiger partial charge in [-0.25, -0.2) is 9.79 Å². The second-order valence-corrected chi connectivity index (χ2v) is 6.49. The monoisotopic (exact) mass is 370 g/mol. The van der Waals surface area contributed by atoms with Crippen LogP contribution in [-0.4, -0.2) is 16.8 Å². The Balaban J connectivity index is 1.94. The molecule has 0 spiro atoms. The van der Waals surface area contributed by atoms with Gasteiger partial charge in [-0.3, -0.25) is 10.1 Å². The number of carbonyl (C=O) groups is 1. The highest BCUT2D eigenvalue weighted by atomic mass is 35.5. The summed E-state index contributed by atoms with van der Waals surface area (Å²) in [6.07, 6.45) is 1.60. The first kappa shape index (κ1) is 17.8. The number of aliphatic imine (C=N–C) groups is 1. The Morgan fingerprint density at radius 1 is 1.19 bits per heavy atom. The Kier molecular flexibility index (Phi) is 4.86. The van der Waals surface area contributed by atoms with E-state index in [1.165, 1.54) is 23.8 Å². The van der Waals surface area contributed by atoms with Gasteiger partial charge >= 0.3 is 5.97 Å². The number of halogens is 1. The molecule has 26 heavy (non-hydrogen) atoms. The van der Waals surface area contributed by atoms with Gasteiger partial charge in [0.25, 0.3) is 5.69 Å². The second-order valence-electron chi connectivity index (χ2n) is 6.08. The molecule has 1 aliphatic heterocycles. The number of esters is 1. The first-order valence-corrected chi connectivity index (χ1v) is 8.30. The number of hydrogen-bond acceptors (Lipinski definition) is 5. The summed E-state index contributed by atoms with van der Waals surface area (Å²) in [6.45, 7) is 4.20. The third kappa shape index (κ3) is 3.65. The summed E-state index contributed by atoms with van der Waals surface area (Å²) in [5.41, 5.74) is 2.14. The zero-order chi connectivity index (χ0) is 18.8. The van der Waals surface area contributed by atoms with Crippen molar-refractivity contribution >= 4 is 35.2 Å². The molecule has 0 aromatic heterocycles. The molecule has 0 N–H and O–H groups in total. The first-order chi connectivity index (χ1) is 12.3. The molecule has 0 unspecified atom stereocenters. The van der Waals surface area contributed by atoms with E-state index in [4.69, 9.17) is 16.3 Å². The van der Waals surface area contributed by atoms with Crippen LogP contribution in [0.1, 0.15) is 36.5 Å². The molecule has 0 atom stereocenters. The van der Waals surface area contributed by atoms with Crippen LogP contribution in [0, 0.1) is 10.1 Å². The minimum atomic E-state index is -0.629. The van der Waals surface area contributed by atoms with Crippen molar-refractivity contribution in [3.8, 4) is 0 Å². The highest BCUT2D eigenvalue weighted by molar-refractivity contribution is 6.34. The highest BCUT2D eigenvalue weighted by Gasteiger charge is 2.27. The number of non-ortho nitro benzene ring substituents is 1. The zero-order valence-corrected chi connectivity index (χ0v) is 14.9. The average Bonchev–Trinajstić information content (AvgIpc) is 2.96. The summed E-state index contributed by atoms with van der Waals surface area (Å²) in [5, 5.41) is 11.1. The lowest BCUT2D eigenvalue weighted by Crippen LogP contribution is -2.06. The third-order valence-corrected chi connectivity index (χ3v) is 4.25. The fourth-order valence-electron chi connectivity index (χ4n) is 2.45. The van der Waals surface area contributed by atoms with E-state index in [0.29, 0.717) is 5.92 Å². The maximum atomic E-state index is 12.1. The number of hydrogen-bond donors (Lipinski definition) is 0. The van der Waals surface area contributed by atoms with Gasteiger partial charge in [0.15, 0.2) is 5.70 Å². The maximum Gasteiger partial charge on any atom is 0.363 e.